The molecule has 34 heavy (non-hydrogen) atoms. The molecule has 174 valence electrons. The van der Waals surface area contributed by atoms with Gasteiger partial charge in [-0.1, -0.05) is 42.1 Å². The molecule has 1 amide bonds. The third kappa shape index (κ3) is 5.76. The molecule has 0 aliphatic rings. The number of ether oxygens (including phenoxy) is 2. The van der Waals surface area contributed by atoms with Gasteiger partial charge in [0.1, 0.15) is 11.0 Å². The molecule has 1 heterocycles. The number of nitrogens with zero attached hydrogens (tertiary/aromatic N) is 1. The standard InChI is InChI=1S/C26H24N2O4S2/c1-3-31-20-14-15-21-22(16-20)33-26(28-21)34-23(17-8-6-5-7-9-17)24(29)27-19-12-10-18(11-13-19)25(30)32-4-2/h5-16,23H,3-4H2,1-2H3,(H,27,29). The van der Waals surface area contributed by atoms with Gasteiger partial charge in [0.2, 0.25) is 5.91 Å². The van der Waals surface area contributed by atoms with Crippen LogP contribution in [0.15, 0.2) is 77.1 Å². The number of hydrogen-bond donors (Lipinski definition) is 1. The zero-order valence-electron chi connectivity index (χ0n) is 18.8. The smallest absolute Gasteiger partial charge is 0.338 e. The minimum atomic E-state index is -0.502. The van der Waals surface area contributed by atoms with Crippen molar-refractivity contribution in [3.8, 4) is 5.75 Å². The van der Waals surface area contributed by atoms with E-state index in [4.69, 9.17) is 14.5 Å². The van der Waals surface area contributed by atoms with E-state index < -0.39 is 5.25 Å². The molecule has 6 nitrogen and oxygen atoms in total. The summed E-state index contributed by atoms with van der Waals surface area (Å²) < 4.78 is 12.4. The lowest BCUT2D eigenvalue weighted by atomic mass is 10.1. The molecule has 0 spiro atoms. The molecule has 0 fully saturated rings. The number of hydrogen-bond acceptors (Lipinski definition) is 7. The van der Waals surface area contributed by atoms with Crippen LogP contribution in [-0.4, -0.2) is 30.1 Å². The molecule has 8 heteroatoms. The second-order valence-corrected chi connectivity index (χ2v) is 9.62. The average molecular weight is 493 g/mol. The van der Waals surface area contributed by atoms with Gasteiger partial charge >= 0.3 is 5.97 Å². The van der Waals surface area contributed by atoms with Gasteiger partial charge in [0.25, 0.3) is 0 Å². The summed E-state index contributed by atoms with van der Waals surface area (Å²) in [5.41, 5.74) is 2.79. The van der Waals surface area contributed by atoms with Gasteiger partial charge in [0.15, 0.2) is 4.34 Å². The van der Waals surface area contributed by atoms with Crippen molar-refractivity contribution in [3.05, 3.63) is 83.9 Å². The summed E-state index contributed by atoms with van der Waals surface area (Å²) in [5, 5.41) is 2.46. The Bertz CT molecular complexity index is 1270. The van der Waals surface area contributed by atoms with Gasteiger partial charge in [-0.05, 0) is 61.9 Å². The molecule has 0 bridgehead atoms. The Morgan fingerprint density at radius 1 is 1.00 bits per heavy atom. The van der Waals surface area contributed by atoms with Crippen molar-refractivity contribution in [1.29, 1.82) is 0 Å². The zero-order chi connectivity index (χ0) is 23.9. The number of nitrogens with one attached hydrogen (secondary N) is 1. The molecule has 1 N–H and O–H groups in total. The van der Waals surface area contributed by atoms with Crippen molar-refractivity contribution in [2.24, 2.45) is 0 Å². The van der Waals surface area contributed by atoms with Crippen molar-refractivity contribution >= 4 is 50.9 Å². The molecule has 0 aliphatic carbocycles. The van der Waals surface area contributed by atoms with Crippen LogP contribution in [0, 0.1) is 0 Å². The fraction of sp³-hybridized carbons (Fsp3) is 0.192. The lowest BCUT2D eigenvalue weighted by Crippen LogP contribution is -2.19. The molecule has 1 unspecified atom stereocenters. The van der Waals surface area contributed by atoms with Crippen LogP contribution in [0.5, 0.6) is 5.75 Å². The predicted molar refractivity (Wildman–Crippen MR) is 137 cm³/mol. The fourth-order valence-corrected chi connectivity index (χ4v) is 5.59. The summed E-state index contributed by atoms with van der Waals surface area (Å²) in [5.74, 6) is 0.245. The van der Waals surface area contributed by atoms with Crippen LogP contribution in [0.3, 0.4) is 0 Å². The molecular formula is C26H24N2O4S2. The monoisotopic (exact) mass is 492 g/mol. The van der Waals surface area contributed by atoms with E-state index in [-0.39, 0.29) is 11.9 Å². The molecule has 0 saturated carbocycles. The minimum Gasteiger partial charge on any atom is -0.494 e. The number of benzene rings is 3. The Hall–Kier alpha value is -3.36. The Morgan fingerprint density at radius 3 is 2.47 bits per heavy atom. The van der Waals surface area contributed by atoms with Gasteiger partial charge in [0.05, 0.1) is 29.0 Å². The highest BCUT2D eigenvalue weighted by Gasteiger charge is 2.24. The Balaban J connectivity index is 1.55. The van der Waals surface area contributed by atoms with Crippen LogP contribution < -0.4 is 10.1 Å². The number of thiazole rings is 1. The maximum Gasteiger partial charge on any atom is 0.338 e. The fourth-order valence-electron chi connectivity index (χ4n) is 3.30. The van der Waals surface area contributed by atoms with Crippen LogP contribution in [0.4, 0.5) is 5.69 Å². The second-order valence-electron chi connectivity index (χ2n) is 7.24. The minimum absolute atomic E-state index is 0.172. The van der Waals surface area contributed by atoms with Gasteiger partial charge < -0.3 is 14.8 Å². The third-order valence-electron chi connectivity index (χ3n) is 4.87. The van der Waals surface area contributed by atoms with Crippen molar-refractivity contribution in [3.63, 3.8) is 0 Å². The second kappa shape index (κ2) is 11.2. The molecule has 3 aromatic carbocycles. The number of rotatable bonds is 9. The lowest BCUT2D eigenvalue weighted by molar-refractivity contribution is -0.115. The number of carbonyl (C=O) groups is 2. The number of carbonyl (C=O) groups excluding carboxylic acids is 2. The Morgan fingerprint density at radius 2 is 1.76 bits per heavy atom. The van der Waals surface area contributed by atoms with Gasteiger partial charge in [-0.15, -0.1) is 11.3 Å². The summed E-state index contributed by atoms with van der Waals surface area (Å²) in [7, 11) is 0. The molecule has 1 atom stereocenters. The average Bonchev–Trinajstić information content (AvgIpc) is 3.26. The number of thioether (sulfide) groups is 1. The van der Waals surface area contributed by atoms with E-state index in [2.05, 4.69) is 5.32 Å². The third-order valence-corrected chi connectivity index (χ3v) is 7.24. The molecular weight excluding hydrogens is 468 g/mol. The van der Waals surface area contributed by atoms with Crippen molar-refractivity contribution < 1.29 is 19.1 Å². The Kier molecular flexibility index (Phi) is 7.82. The van der Waals surface area contributed by atoms with E-state index in [1.807, 2.05) is 55.5 Å². The normalized spacial score (nSPS) is 11.7. The zero-order valence-corrected chi connectivity index (χ0v) is 20.4. The van der Waals surface area contributed by atoms with E-state index in [0.717, 1.165) is 25.9 Å². The quantitative estimate of drug-likeness (QED) is 0.217. The van der Waals surface area contributed by atoms with Crippen LogP contribution in [-0.2, 0) is 9.53 Å². The highest BCUT2D eigenvalue weighted by atomic mass is 32.2. The highest BCUT2D eigenvalue weighted by Crippen LogP contribution is 2.40. The first-order valence-corrected chi connectivity index (χ1v) is 12.6. The molecule has 1 aromatic heterocycles. The van der Waals surface area contributed by atoms with Crippen LogP contribution in [0.1, 0.15) is 35.0 Å². The van der Waals surface area contributed by atoms with Crippen LogP contribution in [0.25, 0.3) is 10.2 Å². The highest BCUT2D eigenvalue weighted by molar-refractivity contribution is 8.02. The summed E-state index contributed by atoms with van der Waals surface area (Å²) in [6, 6.07) is 22.1. The van der Waals surface area contributed by atoms with Gasteiger partial charge in [-0.3, -0.25) is 4.79 Å². The van der Waals surface area contributed by atoms with Crippen molar-refractivity contribution in [2.45, 2.75) is 23.4 Å². The molecule has 0 saturated heterocycles. The first kappa shape index (κ1) is 23.8. The maximum absolute atomic E-state index is 13.3. The summed E-state index contributed by atoms with van der Waals surface area (Å²) in [6.07, 6.45) is 0. The van der Waals surface area contributed by atoms with E-state index in [1.165, 1.54) is 23.1 Å². The first-order chi connectivity index (χ1) is 16.6. The lowest BCUT2D eigenvalue weighted by Gasteiger charge is -2.16. The van der Waals surface area contributed by atoms with Crippen molar-refractivity contribution in [2.75, 3.05) is 18.5 Å². The predicted octanol–water partition coefficient (Wildman–Crippen LogP) is 6.34. The maximum atomic E-state index is 13.3. The SMILES string of the molecule is CCOC(=O)c1ccc(NC(=O)C(Sc2nc3ccc(OCC)cc3s2)c2ccccc2)cc1. The number of esters is 1. The van der Waals surface area contributed by atoms with Crippen LogP contribution in [0.2, 0.25) is 0 Å². The Labute approximate surface area is 206 Å². The van der Waals surface area contributed by atoms with Crippen molar-refractivity contribution in [1.82, 2.24) is 4.98 Å². The molecule has 4 rings (SSSR count). The number of amides is 1. The molecule has 0 radical (unpaired) electrons. The largest absolute Gasteiger partial charge is 0.494 e. The van der Waals surface area contributed by atoms with Gasteiger partial charge in [-0.2, -0.15) is 0 Å². The van der Waals surface area contributed by atoms with Gasteiger partial charge in [0, 0.05) is 5.69 Å². The van der Waals surface area contributed by atoms with E-state index in [9.17, 15) is 9.59 Å². The van der Waals surface area contributed by atoms with E-state index in [1.54, 1.807) is 31.2 Å². The summed E-state index contributed by atoms with van der Waals surface area (Å²) in [4.78, 5) is 29.9. The van der Waals surface area contributed by atoms with Crippen LogP contribution >= 0.6 is 23.1 Å². The molecule has 4 aromatic rings. The van der Waals surface area contributed by atoms with E-state index in [0.29, 0.717) is 24.5 Å². The number of aromatic nitrogens is 1. The van der Waals surface area contributed by atoms with Gasteiger partial charge in [-0.25, -0.2) is 9.78 Å². The molecule has 0 aliphatic heterocycles. The topological polar surface area (TPSA) is 77.5 Å². The van der Waals surface area contributed by atoms with E-state index >= 15 is 0 Å². The summed E-state index contributed by atoms with van der Waals surface area (Å²) >= 11 is 2.94. The number of fused-ring (bicyclic) bond motifs is 1. The summed E-state index contributed by atoms with van der Waals surface area (Å²) in [6.45, 7) is 4.62. The number of anilines is 1. The first-order valence-electron chi connectivity index (χ1n) is 10.9.